The van der Waals surface area contributed by atoms with E-state index in [1.54, 1.807) is 4.90 Å². The fraction of sp³-hybridized carbons (Fsp3) is 0.550. The van der Waals surface area contributed by atoms with Gasteiger partial charge in [-0.15, -0.1) is 0 Å². The molecule has 2 unspecified atom stereocenters. The minimum atomic E-state index is -0.565. The van der Waals surface area contributed by atoms with E-state index in [0.29, 0.717) is 37.2 Å². The van der Waals surface area contributed by atoms with Crippen LogP contribution in [-0.4, -0.2) is 47.3 Å². The molecule has 3 aliphatic heterocycles. The summed E-state index contributed by atoms with van der Waals surface area (Å²) in [6, 6.07) is 6.13. The Kier molecular flexibility index (Phi) is 4.97. The van der Waals surface area contributed by atoms with Crippen molar-refractivity contribution in [2.45, 2.75) is 63.8 Å². The highest BCUT2D eigenvalue weighted by Crippen LogP contribution is 2.30. The van der Waals surface area contributed by atoms with Crippen molar-refractivity contribution in [1.82, 2.24) is 20.9 Å². The Labute approximate surface area is 158 Å². The van der Waals surface area contributed by atoms with Crippen molar-refractivity contribution < 1.29 is 14.4 Å². The standard InChI is InChI=1S/C20H26N4O3/c1-12(15-6-3-9-21-15)22-10-13-4-2-5-14-11-24(20(27)18(13)14)16-7-8-17(25)23-19(16)26/h2,4-5,12,15-16,21-22H,3,6-11H2,1H3,(H,23,25,26)/t12?,15-,16?/m0/s1. The number of piperidine rings is 1. The van der Waals surface area contributed by atoms with Crippen molar-refractivity contribution in [3.63, 3.8) is 0 Å². The fourth-order valence-corrected chi connectivity index (χ4v) is 4.39. The monoisotopic (exact) mass is 370 g/mol. The molecule has 0 radical (unpaired) electrons. The third kappa shape index (κ3) is 3.49. The van der Waals surface area contributed by atoms with Gasteiger partial charge >= 0.3 is 0 Å². The number of rotatable bonds is 5. The molecule has 0 bridgehead atoms. The number of carbonyl (C=O) groups is 3. The molecule has 3 amide bonds. The molecule has 1 aromatic rings. The van der Waals surface area contributed by atoms with E-state index in [1.165, 1.54) is 12.8 Å². The smallest absolute Gasteiger partial charge is 0.255 e. The van der Waals surface area contributed by atoms with E-state index in [0.717, 1.165) is 17.7 Å². The maximum atomic E-state index is 13.1. The van der Waals surface area contributed by atoms with Crippen LogP contribution >= 0.6 is 0 Å². The van der Waals surface area contributed by atoms with Crippen molar-refractivity contribution in [3.05, 3.63) is 34.9 Å². The number of nitrogens with zero attached hydrogens (tertiary/aromatic N) is 1. The first-order chi connectivity index (χ1) is 13.0. The van der Waals surface area contributed by atoms with Gasteiger partial charge in [-0.2, -0.15) is 0 Å². The van der Waals surface area contributed by atoms with Crippen molar-refractivity contribution in [1.29, 1.82) is 0 Å². The molecule has 4 rings (SSSR count). The topological polar surface area (TPSA) is 90.5 Å². The summed E-state index contributed by atoms with van der Waals surface area (Å²) in [5, 5.41) is 9.39. The first-order valence-electron chi connectivity index (χ1n) is 9.77. The molecule has 7 nitrogen and oxygen atoms in total. The molecular weight excluding hydrogens is 344 g/mol. The van der Waals surface area contributed by atoms with Crippen LogP contribution in [0.25, 0.3) is 0 Å². The lowest BCUT2D eigenvalue weighted by Crippen LogP contribution is -2.52. The number of carbonyl (C=O) groups excluding carboxylic acids is 3. The van der Waals surface area contributed by atoms with Crippen molar-refractivity contribution >= 4 is 17.7 Å². The average Bonchev–Trinajstić information content (AvgIpc) is 3.29. The van der Waals surface area contributed by atoms with Gasteiger partial charge in [-0.3, -0.25) is 19.7 Å². The molecule has 7 heteroatoms. The van der Waals surface area contributed by atoms with Crippen LogP contribution in [0.3, 0.4) is 0 Å². The average molecular weight is 370 g/mol. The van der Waals surface area contributed by atoms with Crippen LogP contribution in [0.15, 0.2) is 18.2 Å². The quantitative estimate of drug-likeness (QED) is 0.663. The van der Waals surface area contributed by atoms with E-state index < -0.39 is 6.04 Å². The molecule has 3 heterocycles. The summed E-state index contributed by atoms with van der Waals surface area (Å²) in [6.45, 7) is 4.28. The Morgan fingerprint density at radius 2 is 2.11 bits per heavy atom. The molecule has 2 saturated heterocycles. The van der Waals surface area contributed by atoms with Crippen LogP contribution in [0.5, 0.6) is 0 Å². The Morgan fingerprint density at radius 3 is 2.85 bits per heavy atom. The van der Waals surface area contributed by atoms with Crippen LogP contribution in [-0.2, 0) is 22.7 Å². The molecule has 3 atom stereocenters. The largest absolute Gasteiger partial charge is 0.322 e. The molecular formula is C20H26N4O3. The lowest BCUT2D eigenvalue weighted by Gasteiger charge is -2.29. The minimum Gasteiger partial charge on any atom is -0.322 e. The predicted octanol–water partition coefficient (Wildman–Crippen LogP) is 0.678. The molecule has 1 aromatic carbocycles. The Balaban J connectivity index is 1.48. The SMILES string of the molecule is CC(NCc1cccc2c1C(=O)N(C1CCC(=O)NC1=O)C2)[C@@H]1CCCN1. The minimum absolute atomic E-state index is 0.108. The molecule has 144 valence electrons. The molecule has 2 fully saturated rings. The highest BCUT2D eigenvalue weighted by Gasteiger charge is 2.39. The second-order valence-corrected chi connectivity index (χ2v) is 7.72. The Bertz CT molecular complexity index is 772. The Morgan fingerprint density at radius 1 is 1.26 bits per heavy atom. The third-order valence-electron chi connectivity index (χ3n) is 5.96. The second-order valence-electron chi connectivity index (χ2n) is 7.72. The lowest BCUT2D eigenvalue weighted by molar-refractivity contribution is -0.136. The van der Waals surface area contributed by atoms with E-state index in [1.807, 2.05) is 18.2 Å². The molecule has 3 aliphatic rings. The normalized spacial score (nSPS) is 26.3. The van der Waals surface area contributed by atoms with E-state index in [2.05, 4.69) is 22.9 Å². The molecule has 27 heavy (non-hydrogen) atoms. The summed E-state index contributed by atoms with van der Waals surface area (Å²) in [7, 11) is 0. The molecule has 0 aliphatic carbocycles. The van der Waals surface area contributed by atoms with Crippen LogP contribution in [0.4, 0.5) is 0 Å². The summed E-state index contributed by atoms with van der Waals surface area (Å²) in [5.74, 6) is -0.739. The number of hydrogen-bond acceptors (Lipinski definition) is 5. The number of nitrogens with one attached hydrogen (secondary N) is 3. The van der Waals surface area contributed by atoms with Gasteiger partial charge in [0.1, 0.15) is 6.04 Å². The third-order valence-corrected chi connectivity index (χ3v) is 5.96. The number of imide groups is 1. The van der Waals surface area contributed by atoms with Crippen LogP contribution in [0, 0.1) is 0 Å². The van der Waals surface area contributed by atoms with Gasteiger partial charge in [-0.05, 0) is 43.9 Å². The van der Waals surface area contributed by atoms with Gasteiger partial charge in [-0.25, -0.2) is 0 Å². The van der Waals surface area contributed by atoms with Crippen LogP contribution < -0.4 is 16.0 Å². The zero-order valence-corrected chi connectivity index (χ0v) is 15.6. The second kappa shape index (κ2) is 7.40. The summed E-state index contributed by atoms with van der Waals surface area (Å²) in [5.41, 5.74) is 2.63. The van der Waals surface area contributed by atoms with Gasteiger partial charge < -0.3 is 15.5 Å². The zero-order chi connectivity index (χ0) is 19.0. The van der Waals surface area contributed by atoms with Crippen molar-refractivity contribution in [2.75, 3.05) is 6.54 Å². The van der Waals surface area contributed by atoms with Crippen LogP contribution in [0.1, 0.15) is 54.1 Å². The van der Waals surface area contributed by atoms with Crippen molar-refractivity contribution in [3.8, 4) is 0 Å². The Hall–Kier alpha value is -2.25. The molecule has 0 aromatic heterocycles. The van der Waals surface area contributed by atoms with Crippen molar-refractivity contribution in [2.24, 2.45) is 0 Å². The number of amides is 3. The van der Waals surface area contributed by atoms with Gasteiger partial charge in [0.25, 0.3) is 5.91 Å². The predicted molar refractivity (Wildman–Crippen MR) is 99.8 cm³/mol. The number of fused-ring (bicyclic) bond motifs is 1. The van der Waals surface area contributed by atoms with E-state index in [9.17, 15) is 14.4 Å². The maximum Gasteiger partial charge on any atom is 0.255 e. The summed E-state index contributed by atoms with van der Waals surface area (Å²) >= 11 is 0. The lowest BCUT2D eigenvalue weighted by atomic mass is 10.0. The van der Waals surface area contributed by atoms with Gasteiger partial charge in [0.15, 0.2) is 0 Å². The van der Waals surface area contributed by atoms with Gasteiger partial charge in [0.2, 0.25) is 11.8 Å². The first kappa shape index (κ1) is 18.1. The zero-order valence-electron chi connectivity index (χ0n) is 15.6. The molecule has 0 saturated carbocycles. The summed E-state index contributed by atoms with van der Waals surface area (Å²) in [6.07, 6.45) is 3.04. The highest BCUT2D eigenvalue weighted by molar-refractivity contribution is 6.05. The molecule has 3 N–H and O–H groups in total. The van der Waals surface area contributed by atoms with E-state index in [4.69, 9.17) is 0 Å². The van der Waals surface area contributed by atoms with Crippen LogP contribution in [0.2, 0.25) is 0 Å². The van der Waals surface area contributed by atoms with Gasteiger partial charge in [0, 0.05) is 37.2 Å². The number of benzene rings is 1. The first-order valence-corrected chi connectivity index (χ1v) is 9.77. The highest BCUT2D eigenvalue weighted by atomic mass is 16.2. The van der Waals surface area contributed by atoms with E-state index in [-0.39, 0.29) is 24.1 Å². The number of hydrogen-bond donors (Lipinski definition) is 3. The molecule has 0 spiro atoms. The maximum absolute atomic E-state index is 13.1. The summed E-state index contributed by atoms with van der Waals surface area (Å²) < 4.78 is 0. The van der Waals surface area contributed by atoms with Gasteiger partial charge in [0.05, 0.1) is 0 Å². The van der Waals surface area contributed by atoms with Gasteiger partial charge in [-0.1, -0.05) is 18.2 Å². The van der Waals surface area contributed by atoms with E-state index >= 15 is 0 Å². The fourth-order valence-electron chi connectivity index (χ4n) is 4.39. The summed E-state index contributed by atoms with van der Waals surface area (Å²) in [4.78, 5) is 38.3.